The third kappa shape index (κ3) is 5.21. The molecule has 1 aromatic rings. The number of anilines is 1. The molecule has 0 aliphatic carbocycles. The second-order valence-electron chi connectivity index (χ2n) is 5.54. The van der Waals surface area contributed by atoms with Gasteiger partial charge in [0.25, 0.3) is 0 Å². The van der Waals surface area contributed by atoms with Gasteiger partial charge in [-0.05, 0) is 48.1 Å². The summed E-state index contributed by atoms with van der Waals surface area (Å²) in [4.78, 5) is 2.03. The fourth-order valence-electron chi connectivity index (χ4n) is 1.90. The van der Waals surface area contributed by atoms with Gasteiger partial charge in [0.2, 0.25) is 10.0 Å². The Morgan fingerprint density at radius 2 is 1.86 bits per heavy atom. The zero-order chi connectivity index (χ0) is 16.4. The van der Waals surface area contributed by atoms with Crippen molar-refractivity contribution in [3.63, 3.8) is 0 Å². The van der Waals surface area contributed by atoms with E-state index in [0.717, 1.165) is 4.47 Å². The van der Waals surface area contributed by atoms with Crippen molar-refractivity contribution in [2.75, 3.05) is 26.4 Å². The maximum Gasteiger partial charge on any atom is 0.244 e. The van der Waals surface area contributed by atoms with Gasteiger partial charge < -0.3 is 10.6 Å². The van der Waals surface area contributed by atoms with Gasteiger partial charge in [0.1, 0.15) is 4.90 Å². The van der Waals surface area contributed by atoms with Crippen LogP contribution in [0.4, 0.5) is 5.69 Å². The fraction of sp³-hybridized carbons (Fsp3) is 0.538. The van der Waals surface area contributed by atoms with E-state index in [2.05, 4.69) is 36.6 Å². The van der Waals surface area contributed by atoms with Crippen LogP contribution in [0.5, 0.6) is 0 Å². The van der Waals surface area contributed by atoms with E-state index in [1.807, 2.05) is 32.8 Å². The molecule has 0 radical (unpaired) electrons. The van der Waals surface area contributed by atoms with E-state index in [-0.39, 0.29) is 22.5 Å². The van der Waals surface area contributed by atoms with Gasteiger partial charge in [-0.1, -0.05) is 29.8 Å². The molecule has 1 aromatic carbocycles. The predicted molar refractivity (Wildman–Crippen MR) is 93.8 cm³/mol. The lowest BCUT2D eigenvalue weighted by molar-refractivity contribution is 0.314. The number of hydrogen-bond acceptors (Lipinski definition) is 4. The molecular formula is C13H21Br2N3O2S. The Bertz CT molecular complexity index is 580. The van der Waals surface area contributed by atoms with Crippen LogP contribution in [0, 0.1) is 5.92 Å². The molecular weight excluding hydrogens is 422 g/mol. The molecule has 3 N–H and O–H groups in total. The van der Waals surface area contributed by atoms with Crippen molar-refractivity contribution < 1.29 is 8.42 Å². The molecule has 0 fully saturated rings. The number of halogens is 2. The van der Waals surface area contributed by atoms with Gasteiger partial charge in [-0.15, -0.1) is 0 Å². The third-order valence-corrected chi connectivity index (χ3v) is 5.93. The molecule has 0 spiro atoms. The molecule has 0 bridgehead atoms. The molecule has 0 aromatic heterocycles. The Morgan fingerprint density at radius 3 is 2.29 bits per heavy atom. The van der Waals surface area contributed by atoms with Gasteiger partial charge in [-0.25, -0.2) is 13.1 Å². The molecule has 1 atom stereocenters. The van der Waals surface area contributed by atoms with Gasteiger partial charge in [0, 0.05) is 21.5 Å². The first-order valence-corrected chi connectivity index (χ1v) is 9.53. The van der Waals surface area contributed by atoms with Crippen LogP contribution in [0.3, 0.4) is 0 Å². The summed E-state index contributed by atoms with van der Waals surface area (Å²) in [5, 5.41) is 0. The standard InChI is InChI=1S/C13H21Br2N3O2S/c1-8(2)12(7-18(3)4)17-21(19,20)13-10(15)5-9(14)6-11(13)16/h5-6,8,12,17H,7,16H2,1-4H3. The molecule has 0 amide bonds. The van der Waals surface area contributed by atoms with Crippen LogP contribution in [0.1, 0.15) is 13.8 Å². The Labute approximate surface area is 143 Å². The smallest absolute Gasteiger partial charge is 0.244 e. The normalized spacial score (nSPS) is 13.9. The highest BCUT2D eigenvalue weighted by molar-refractivity contribution is 9.11. The highest BCUT2D eigenvalue weighted by atomic mass is 79.9. The van der Waals surface area contributed by atoms with E-state index in [4.69, 9.17) is 5.73 Å². The van der Waals surface area contributed by atoms with Crippen LogP contribution in [0.2, 0.25) is 0 Å². The Balaban J connectivity index is 3.17. The summed E-state index contributed by atoms with van der Waals surface area (Å²) >= 11 is 6.56. The highest BCUT2D eigenvalue weighted by Crippen LogP contribution is 2.31. The molecule has 0 aliphatic rings. The first-order chi connectivity index (χ1) is 9.54. The number of likely N-dealkylation sites (N-methyl/N-ethyl adjacent to an activating group) is 1. The maximum absolute atomic E-state index is 12.6. The number of sulfonamides is 1. The predicted octanol–water partition coefficient (Wildman–Crippen LogP) is 2.66. The molecule has 1 rings (SSSR count). The van der Waals surface area contributed by atoms with E-state index in [9.17, 15) is 8.42 Å². The second-order valence-corrected chi connectivity index (χ2v) is 8.96. The zero-order valence-electron chi connectivity index (χ0n) is 12.5. The van der Waals surface area contributed by atoms with Gasteiger partial charge in [-0.3, -0.25) is 0 Å². The van der Waals surface area contributed by atoms with Gasteiger partial charge in [0.15, 0.2) is 0 Å². The average Bonchev–Trinajstić information content (AvgIpc) is 2.24. The molecule has 0 aliphatic heterocycles. The minimum Gasteiger partial charge on any atom is -0.398 e. The SMILES string of the molecule is CC(C)C(CN(C)C)NS(=O)(=O)c1c(N)cc(Br)cc1Br. The number of benzene rings is 1. The van der Waals surface area contributed by atoms with Crippen LogP contribution in [0.15, 0.2) is 26.0 Å². The van der Waals surface area contributed by atoms with Crippen molar-refractivity contribution in [2.24, 2.45) is 5.92 Å². The molecule has 21 heavy (non-hydrogen) atoms. The molecule has 0 saturated heterocycles. The minimum absolute atomic E-state index is 0.0788. The Kier molecular flexibility index (Phi) is 6.67. The molecule has 8 heteroatoms. The van der Waals surface area contributed by atoms with Crippen molar-refractivity contribution in [1.82, 2.24) is 9.62 Å². The van der Waals surface area contributed by atoms with E-state index >= 15 is 0 Å². The summed E-state index contributed by atoms with van der Waals surface area (Å²) in [6.45, 7) is 4.58. The Morgan fingerprint density at radius 1 is 1.29 bits per heavy atom. The number of rotatable bonds is 6. The van der Waals surface area contributed by atoms with Crippen LogP contribution < -0.4 is 10.5 Å². The van der Waals surface area contributed by atoms with Gasteiger partial charge in [-0.2, -0.15) is 0 Å². The highest BCUT2D eigenvalue weighted by Gasteiger charge is 2.26. The quantitative estimate of drug-likeness (QED) is 0.664. The van der Waals surface area contributed by atoms with Crippen molar-refractivity contribution >= 4 is 47.6 Å². The molecule has 120 valence electrons. The number of nitrogens with two attached hydrogens (primary N) is 1. The minimum atomic E-state index is -3.70. The number of nitrogen functional groups attached to an aromatic ring is 1. The van der Waals surface area contributed by atoms with Crippen molar-refractivity contribution in [3.05, 3.63) is 21.1 Å². The van der Waals surface area contributed by atoms with E-state index < -0.39 is 10.0 Å². The average molecular weight is 443 g/mol. The monoisotopic (exact) mass is 441 g/mol. The lowest BCUT2D eigenvalue weighted by Crippen LogP contribution is -2.45. The largest absolute Gasteiger partial charge is 0.398 e. The molecule has 0 heterocycles. The van der Waals surface area contributed by atoms with Crippen molar-refractivity contribution in [2.45, 2.75) is 24.8 Å². The molecule has 1 unspecified atom stereocenters. The van der Waals surface area contributed by atoms with Crippen LogP contribution >= 0.6 is 31.9 Å². The van der Waals surface area contributed by atoms with Crippen molar-refractivity contribution in [3.8, 4) is 0 Å². The second kappa shape index (κ2) is 7.41. The third-order valence-electron chi connectivity index (χ3n) is 2.98. The first-order valence-electron chi connectivity index (χ1n) is 6.46. The number of nitrogens with zero attached hydrogens (tertiary/aromatic N) is 1. The summed E-state index contributed by atoms with van der Waals surface area (Å²) in [6.07, 6.45) is 0. The summed E-state index contributed by atoms with van der Waals surface area (Å²) in [6, 6.07) is 3.05. The van der Waals surface area contributed by atoms with Crippen molar-refractivity contribution in [1.29, 1.82) is 0 Å². The summed E-state index contributed by atoms with van der Waals surface area (Å²) in [5.41, 5.74) is 6.08. The molecule has 0 saturated carbocycles. The lowest BCUT2D eigenvalue weighted by atomic mass is 10.1. The summed E-state index contributed by atoms with van der Waals surface area (Å²) < 4.78 is 29.2. The van der Waals surface area contributed by atoms with E-state index in [0.29, 0.717) is 11.0 Å². The lowest BCUT2D eigenvalue weighted by Gasteiger charge is -2.26. The van der Waals surface area contributed by atoms with Crippen LogP contribution in [-0.2, 0) is 10.0 Å². The maximum atomic E-state index is 12.6. The van der Waals surface area contributed by atoms with Gasteiger partial charge >= 0.3 is 0 Å². The Hall–Kier alpha value is -0.150. The van der Waals surface area contributed by atoms with Gasteiger partial charge in [0.05, 0.1) is 5.69 Å². The topological polar surface area (TPSA) is 75.4 Å². The van der Waals surface area contributed by atoms with E-state index in [1.165, 1.54) is 0 Å². The number of nitrogens with one attached hydrogen (secondary N) is 1. The molecule has 5 nitrogen and oxygen atoms in total. The first kappa shape index (κ1) is 18.9. The fourth-order valence-corrected chi connectivity index (χ4v) is 5.35. The van der Waals surface area contributed by atoms with E-state index in [1.54, 1.807) is 12.1 Å². The zero-order valence-corrected chi connectivity index (χ0v) is 16.5. The number of hydrogen-bond donors (Lipinski definition) is 2. The van der Waals surface area contributed by atoms with Crippen LogP contribution in [-0.4, -0.2) is 40.0 Å². The van der Waals surface area contributed by atoms with Crippen LogP contribution in [0.25, 0.3) is 0 Å². The summed E-state index contributed by atoms with van der Waals surface area (Å²) in [7, 11) is 0.123. The summed E-state index contributed by atoms with van der Waals surface area (Å²) in [5.74, 6) is 0.164.